The fourth-order valence-corrected chi connectivity index (χ4v) is 5.76. The molecule has 28 heavy (non-hydrogen) atoms. The van der Waals surface area contributed by atoms with Gasteiger partial charge < -0.3 is 15.5 Å². The summed E-state index contributed by atoms with van der Waals surface area (Å²) in [7, 11) is 4.17. The van der Waals surface area contributed by atoms with E-state index in [4.69, 9.17) is 0 Å². The van der Waals surface area contributed by atoms with Gasteiger partial charge in [0, 0.05) is 50.2 Å². The van der Waals surface area contributed by atoms with Crippen LogP contribution in [0.1, 0.15) is 50.4 Å². The van der Waals surface area contributed by atoms with Crippen molar-refractivity contribution in [3.05, 3.63) is 22.4 Å². The lowest BCUT2D eigenvalue weighted by atomic mass is 9.88. The Morgan fingerprint density at radius 2 is 2.04 bits per heavy atom. The van der Waals surface area contributed by atoms with Gasteiger partial charge >= 0.3 is 0 Å². The summed E-state index contributed by atoms with van der Waals surface area (Å²) in [5.74, 6) is 2.35. The predicted octanol–water partition coefficient (Wildman–Crippen LogP) is 3.42. The Morgan fingerprint density at radius 3 is 2.68 bits per heavy atom. The van der Waals surface area contributed by atoms with Crippen molar-refractivity contribution in [2.45, 2.75) is 51.6 Å². The number of aliphatic imine (C=N–C) groups is 1. The number of nitrogens with one attached hydrogen (secondary N) is 2. The normalized spacial score (nSPS) is 26.0. The molecule has 1 aromatic heterocycles. The number of thiophene rings is 1. The van der Waals surface area contributed by atoms with Gasteiger partial charge in [0.1, 0.15) is 0 Å². The smallest absolute Gasteiger partial charge is 0.191 e. The molecule has 2 N–H and O–H groups in total. The fraction of sp³-hybridized carbons (Fsp3) is 0.773. The zero-order valence-electron chi connectivity index (χ0n) is 18.2. The number of likely N-dealkylation sites (tertiary alicyclic amines) is 2. The molecule has 3 heterocycles. The molecule has 2 atom stereocenters. The summed E-state index contributed by atoms with van der Waals surface area (Å²) < 4.78 is 0. The lowest BCUT2D eigenvalue weighted by molar-refractivity contribution is 0.125. The lowest BCUT2D eigenvalue weighted by Crippen LogP contribution is -2.50. The van der Waals surface area contributed by atoms with Crippen LogP contribution in [-0.4, -0.2) is 68.6 Å². The number of hydrogen-bond acceptors (Lipinski definition) is 4. The average Bonchev–Trinajstić information content (AvgIpc) is 3.20. The predicted molar refractivity (Wildman–Crippen MR) is 121 cm³/mol. The maximum atomic E-state index is 4.51. The van der Waals surface area contributed by atoms with Crippen LogP contribution in [0.3, 0.4) is 0 Å². The number of rotatable bonds is 6. The third-order valence-corrected chi connectivity index (χ3v) is 7.09. The quantitative estimate of drug-likeness (QED) is 0.562. The summed E-state index contributed by atoms with van der Waals surface area (Å²) in [5, 5.41) is 9.53. The van der Waals surface area contributed by atoms with Crippen LogP contribution >= 0.6 is 11.3 Å². The summed E-state index contributed by atoms with van der Waals surface area (Å²) in [6.07, 6.45) is 4.98. The van der Waals surface area contributed by atoms with E-state index in [2.05, 4.69) is 63.8 Å². The van der Waals surface area contributed by atoms with Gasteiger partial charge in [0.25, 0.3) is 0 Å². The lowest BCUT2D eigenvalue weighted by Gasteiger charge is -2.39. The maximum absolute atomic E-state index is 4.51. The molecular weight excluding hydrogens is 366 g/mol. The summed E-state index contributed by atoms with van der Waals surface area (Å²) >= 11 is 1.89. The van der Waals surface area contributed by atoms with Crippen molar-refractivity contribution >= 4 is 17.3 Å². The molecule has 5 nitrogen and oxygen atoms in total. The molecule has 0 bridgehead atoms. The molecule has 0 spiro atoms. The first-order chi connectivity index (χ1) is 13.6. The van der Waals surface area contributed by atoms with E-state index in [1.54, 1.807) is 0 Å². The van der Waals surface area contributed by atoms with Gasteiger partial charge in [-0.25, -0.2) is 0 Å². The largest absolute Gasteiger partial charge is 0.356 e. The first-order valence-electron chi connectivity index (χ1n) is 11.0. The van der Waals surface area contributed by atoms with Crippen LogP contribution in [0.5, 0.6) is 0 Å². The van der Waals surface area contributed by atoms with Crippen LogP contribution in [0, 0.1) is 11.8 Å². The van der Waals surface area contributed by atoms with Gasteiger partial charge in [0.2, 0.25) is 0 Å². The Morgan fingerprint density at radius 1 is 1.25 bits per heavy atom. The Kier molecular flexibility index (Phi) is 8.18. The number of hydrogen-bond donors (Lipinski definition) is 2. The average molecular weight is 406 g/mol. The second-order valence-corrected chi connectivity index (χ2v) is 9.89. The molecule has 0 amide bonds. The molecule has 0 saturated carbocycles. The highest BCUT2D eigenvalue weighted by Gasteiger charge is 2.31. The van der Waals surface area contributed by atoms with Crippen molar-refractivity contribution < 1.29 is 0 Å². The van der Waals surface area contributed by atoms with Gasteiger partial charge in [0.05, 0.1) is 0 Å². The zero-order valence-corrected chi connectivity index (χ0v) is 19.0. The monoisotopic (exact) mass is 405 g/mol. The first-order valence-corrected chi connectivity index (χ1v) is 11.9. The minimum absolute atomic E-state index is 0.527. The van der Waals surface area contributed by atoms with Crippen LogP contribution in [0.25, 0.3) is 0 Å². The van der Waals surface area contributed by atoms with E-state index >= 15 is 0 Å². The molecule has 1 aromatic rings. The van der Waals surface area contributed by atoms with Crippen molar-refractivity contribution in [3.8, 4) is 0 Å². The van der Waals surface area contributed by atoms with E-state index in [-0.39, 0.29) is 0 Å². The minimum Gasteiger partial charge on any atom is -0.356 e. The van der Waals surface area contributed by atoms with Crippen molar-refractivity contribution in [1.29, 1.82) is 0 Å². The van der Waals surface area contributed by atoms with E-state index in [0.717, 1.165) is 18.4 Å². The Hall–Kier alpha value is -1.11. The SMILES string of the molecule is CN=C(NCC1CCCN(C)C1c1cccs1)NC1CCN(CC(C)C)CC1. The summed E-state index contributed by atoms with van der Waals surface area (Å²) in [6, 6.07) is 5.54. The van der Waals surface area contributed by atoms with Gasteiger partial charge in [-0.15, -0.1) is 11.3 Å². The van der Waals surface area contributed by atoms with Gasteiger partial charge in [-0.3, -0.25) is 9.89 Å². The third kappa shape index (κ3) is 5.94. The molecule has 0 aliphatic carbocycles. The van der Waals surface area contributed by atoms with Crippen LogP contribution in [-0.2, 0) is 0 Å². The highest BCUT2D eigenvalue weighted by atomic mass is 32.1. The molecular formula is C22H39N5S. The first kappa shape index (κ1) is 21.6. The van der Waals surface area contributed by atoms with Gasteiger partial charge in [-0.2, -0.15) is 0 Å². The highest BCUT2D eigenvalue weighted by Crippen LogP contribution is 2.36. The second-order valence-electron chi connectivity index (χ2n) is 8.91. The summed E-state index contributed by atoms with van der Waals surface area (Å²) in [5.41, 5.74) is 0. The Balaban J connectivity index is 1.48. The minimum atomic E-state index is 0.527. The third-order valence-electron chi connectivity index (χ3n) is 6.15. The molecule has 3 rings (SSSR count). The molecule has 158 valence electrons. The van der Waals surface area contributed by atoms with Crippen LogP contribution in [0.15, 0.2) is 22.5 Å². The zero-order chi connectivity index (χ0) is 19.9. The molecule has 2 unspecified atom stereocenters. The van der Waals surface area contributed by atoms with Crippen LogP contribution in [0.2, 0.25) is 0 Å². The van der Waals surface area contributed by atoms with E-state index in [0.29, 0.717) is 18.0 Å². The molecule has 2 fully saturated rings. The fourth-order valence-electron chi connectivity index (χ4n) is 4.77. The van der Waals surface area contributed by atoms with Gasteiger partial charge in [-0.1, -0.05) is 19.9 Å². The summed E-state index contributed by atoms with van der Waals surface area (Å²) in [4.78, 5) is 11.1. The van der Waals surface area contributed by atoms with Crippen molar-refractivity contribution in [3.63, 3.8) is 0 Å². The topological polar surface area (TPSA) is 42.9 Å². The van der Waals surface area contributed by atoms with E-state index in [1.165, 1.54) is 56.7 Å². The number of guanidine groups is 1. The Labute approximate surface area is 175 Å². The number of piperidine rings is 2. The maximum Gasteiger partial charge on any atom is 0.191 e. The number of nitrogens with zero attached hydrogens (tertiary/aromatic N) is 3. The Bertz CT molecular complexity index is 592. The molecule has 6 heteroatoms. The molecule has 0 aromatic carbocycles. The standard InChI is InChI=1S/C22H39N5S/c1-17(2)16-27-12-9-19(10-13-27)25-22(23-3)24-15-18-7-5-11-26(4)21(18)20-8-6-14-28-20/h6,8,14,17-19,21H,5,7,9-13,15-16H2,1-4H3,(H2,23,24,25). The molecule has 2 aliphatic heterocycles. The van der Waals surface area contributed by atoms with Crippen molar-refractivity contribution in [2.75, 3.05) is 46.8 Å². The van der Waals surface area contributed by atoms with Gasteiger partial charge in [0.15, 0.2) is 5.96 Å². The van der Waals surface area contributed by atoms with Crippen molar-refractivity contribution in [2.24, 2.45) is 16.8 Å². The summed E-state index contributed by atoms with van der Waals surface area (Å²) in [6.45, 7) is 10.4. The van der Waals surface area contributed by atoms with E-state index in [1.807, 2.05) is 18.4 Å². The molecule has 2 saturated heterocycles. The van der Waals surface area contributed by atoms with E-state index < -0.39 is 0 Å². The van der Waals surface area contributed by atoms with Crippen LogP contribution in [0.4, 0.5) is 0 Å². The van der Waals surface area contributed by atoms with Gasteiger partial charge in [-0.05, 0) is 62.6 Å². The molecule has 0 radical (unpaired) electrons. The van der Waals surface area contributed by atoms with Crippen molar-refractivity contribution in [1.82, 2.24) is 20.4 Å². The highest BCUT2D eigenvalue weighted by molar-refractivity contribution is 7.10. The van der Waals surface area contributed by atoms with E-state index in [9.17, 15) is 0 Å². The van der Waals surface area contributed by atoms with Crippen LogP contribution < -0.4 is 10.6 Å². The second kappa shape index (κ2) is 10.6. The molecule has 2 aliphatic rings.